The van der Waals surface area contributed by atoms with E-state index in [0.717, 1.165) is 5.56 Å². The van der Waals surface area contributed by atoms with Gasteiger partial charge in [0.25, 0.3) is 0 Å². The summed E-state index contributed by atoms with van der Waals surface area (Å²) in [6.07, 6.45) is 3.06. The molecule has 0 spiro atoms. The molecule has 0 amide bonds. The van der Waals surface area contributed by atoms with Crippen molar-refractivity contribution < 1.29 is 9.84 Å². The third kappa shape index (κ3) is 3.65. The predicted molar refractivity (Wildman–Crippen MR) is 70.7 cm³/mol. The summed E-state index contributed by atoms with van der Waals surface area (Å²) >= 11 is 5.86. The normalized spacial score (nSPS) is 20.6. The monoisotopic (exact) mass is 270 g/mol. The molecule has 0 bridgehead atoms. The number of nitrogens with zero attached hydrogens (tertiary/aromatic N) is 1. The summed E-state index contributed by atoms with van der Waals surface area (Å²) < 4.78 is 5.26. The molecule has 2 heterocycles. The van der Waals surface area contributed by atoms with Crippen LogP contribution in [-0.2, 0) is 4.74 Å². The Morgan fingerprint density at radius 1 is 1.56 bits per heavy atom. The number of aliphatic hydroxyl groups is 1. The summed E-state index contributed by atoms with van der Waals surface area (Å²) in [7, 11) is 0. The van der Waals surface area contributed by atoms with E-state index in [4.69, 9.17) is 16.3 Å². The van der Waals surface area contributed by atoms with Crippen molar-refractivity contribution in [2.45, 2.75) is 31.4 Å². The quantitative estimate of drug-likeness (QED) is 0.821. The van der Waals surface area contributed by atoms with Crippen molar-refractivity contribution in [3.05, 3.63) is 29.0 Å². The van der Waals surface area contributed by atoms with Crippen LogP contribution < -0.4 is 5.32 Å². The van der Waals surface area contributed by atoms with Gasteiger partial charge in [0.05, 0.1) is 5.60 Å². The molecular formula is C13H19ClN2O2. The summed E-state index contributed by atoms with van der Waals surface area (Å²) in [5.41, 5.74) is 0.425. The second-order valence-corrected chi connectivity index (χ2v) is 5.24. The zero-order valence-corrected chi connectivity index (χ0v) is 11.3. The molecule has 2 N–H and O–H groups in total. The highest BCUT2D eigenvalue weighted by atomic mass is 35.5. The molecule has 0 aromatic carbocycles. The van der Waals surface area contributed by atoms with E-state index in [-0.39, 0.29) is 6.04 Å². The minimum Gasteiger partial charge on any atom is -0.388 e. The summed E-state index contributed by atoms with van der Waals surface area (Å²) in [4.78, 5) is 3.96. The van der Waals surface area contributed by atoms with Crippen molar-refractivity contribution in [3.8, 4) is 0 Å². The Morgan fingerprint density at radius 2 is 2.28 bits per heavy atom. The van der Waals surface area contributed by atoms with Crippen LogP contribution in [0.25, 0.3) is 0 Å². The van der Waals surface area contributed by atoms with Gasteiger partial charge in [0.1, 0.15) is 5.15 Å². The molecule has 1 saturated heterocycles. The standard InChI is InChI=1S/C13H19ClN2O2/c1-10(11-2-5-15-12(14)8-11)16-9-13(17)3-6-18-7-4-13/h2,5,8,10,16-17H,3-4,6-7,9H2,1H3. The zero-order valence-electron chi connectivity index (χ0n) is 10.5. The zero-order chi connectivity index (χ0) is 13.0. The third-order valence-electron chi connectivity index (χ3n) is 3.41. The predicted octanol–water partition coefficient (Wildman–Crippen LogP) is 1.93. The maximum Gasteiger partial charge on any atom is 0.129 e. The van der Waals surface area contributed by atoms with Crippen LogP contribution in [0.4, 0.5) is 0 Å². The van der Waals surface area contributed by atoms with Crippen LogP contribution in [-0.4, -0.2) is 35.5 Å². The minimum atomic E-state index is -0.649. The number of nitrogens with one attached hydrogen (secondary N) is 1. The first-order chi connectivity index (χ1) is 8.59. The van der Waals surface area contributed by atoms with Crippen LogP contribution in [0.5, 0.6) is 0 Å². The highest BCUT2D eigenvalue weighted by molar-refractivity contribution is 6.29. The first kappa shape index (κ1) is 13.7. The summed E-state index contributed by atoms with van der Waals surface area (Å²) in [6, 6.07) is 3.91. The average Bonchev–Trinajstić information content (AvgIpc) is 2.37. The topological polar surface area (TPSA) is 54.4 Å². The molecule has 0 saturated carbocycles. The largest absolute Gasteiger partial charge is 0.388 e. The van der Waals surface area contributed by atoms with Gasteiger partial charge in [-0.15, -0.1) is 0 Å². The first-order valence-electron chi connectivity index (χ1n) is 6.24. The molecule has 1 aromatic rings. The van der Waals surface area contributed by atoms with E-state index in [0.29, 0.717) is 37.8 Å². The number of rotatable bonds is 4. The lowest BCUT2D eigenvalue weighted by Gasteiger charge is -2.33. The number of hydrogen-bond donors (Lipinski definition) is 2. The maximum atomic E-state index is 10.3. The Hall–Kier alpha value is -0.680. The highest BCUT2D eigenvalue weighted by Crippen LogP contribution is 2.21. The molecule has 4 nitrogen and oxygen atoms in total. The van der Waals surface area contributed by atoms with Crippen LogP contribution in [0.3, 0.4) is 0 Å². The van der Waals surface area contributed by atoms with Crippen molar-refractivity contribution in [2.24, 2.45) is 0 Å². The van der Waals surface area contributed by atoms with Crippen LogP contribution >= 0.6 is 11.6 Å². The van der Waals surface area contributed by atoms with Crippen LogP contribution in [0.2, 0.25) is 5.15 Å². The van der Waals surface area contributed by atoms with Gasteiger partial charge in [0.15, 0.2) is 0 Å². The second-order valence-electron chi connectivity index (χ2n) is 4.85. The average molecular weight is 271 g/mol. The van der Waals surface area contributed by atoms with Gasteiger partial charge in [-0.25, -0.2) is 4.98 Å². The Bertz CT molecular complexity index is 394. The smallest absolute Gasteiger partial charge is 0.129 e. The molecule has 1 aromatic heterocycles. The SMILES string of the molecule is CC(NCC1(O)CCOCC1)c1ccnc(Cl)c1. The molecule has 1 aliphatic heterocycles. The van der Waals surface area contributed by atoms with Gasteiger partial charge in [-0.1, -0.05) is 11.6 Å². The molecular weight excluding hydrogens is 252 g/mol. The lowest BCUT2D eigenvalue weighted by Crippen LogP contribution is -2.45. The van der Waals surface area contributed by atoms with Gasteiger partial charge < -0.3 is 15.2 Å². The minimum absolute atomic E-state index is 0.136. The summed E-state index contributed by atoms with van der Waals surface area (Å²) in [5.74, 6) is 0. The Kier molecular flexibility index (Phi) is 4.56. The second kappa shape index (κ2) is 5.97. The van der Waals surface area contributed by atoms with Gasteiger partial charge in [-0.05, 0) is 24.6 Å². The summed E-state index contributed by atoms with van der Waals surface area (Å²) in [6.45, 7) is 3.88. The fourth-order valence-electron chi connectivity index (χ4n) is 2.08. The number of ether oxygens (including phenoxy) is 1. The van der Waals surface area contributed by atoms with Gasteiger partial charge >= 0.3 is 0 Å². The highest BCUT2D eigenvalue weighted by Gasteiger charge is 2.29. The Balaban J connectivity index is 1.89. The molecule has 2 rings (SSSR count). The molecule has 100 valence electrons. The summed E-state index contributed by atoms with van der Waals surface area (Å²) in [5, 5.41) is 14.2. The van der Waals surface area contributed by atoms with Gasteiger partial charge in [0, 0.05) is 44.8 Å². The fourth-order valence-corrected chi connectivity index (χ4v) is 2.26. The molecule has 18 heavy (non-hydrogen) atoms. The van der Waals surface area contributed by atoms with Crippen molar-refractivity contribution >= 4 is 11.6 Å². The molecule has 1 fully saturated rings. The fraction of sp³-hybridized carbons (Fsp3) is 0.615. The van der Waals surface area contributed by atoms with Crippen LogP contribution in [0.15, 0.2) is 18.3 Å². The number of hydrogen-bond acceptors (Lipinski definition) is 4. The first-order valence-corrected chi connectivity index (χ1v) is 6.62. The Labute approximate surface area is 112 Å². The van der Waals surface area contributed by atoms with E-state index in [2.05, 4.69) is 10.3 Å². The van der Waals surface area contributed by atoms with E-state index < -0.39 is 5.60 Å². The van der Waals surface area contributed by atoms with Crippen molar-refractivity contribution in [1.82, 2.24) is 10.3 Å². The van der Waals surface area contributed by atoms with E-state index in [1.54, 1.807) is 6.20 Å². The molecule has 1 aliphatic rings. The molecule has 1 unspecified atom stereocenters. The van der Waals surface area contributed by atoms with E-state index in [9.17, 15) is 5.11 Å². The van der Waals surface area contributed by atoms with E-state index >= 15 is 0 Å². The van der Waals surface area contributed by atoms with Crippen LogP contribution in [0, 0.1) is 0 Å². The molecule has 5 heteroatoms. The van der Waals surface area contributed by atoms with Gasteiger partial charge in [-0.3, -0.25) is 0 Å². The Morgan fingerprint density at radius 3 is 2.94 bits per heavy atom. The van der Waals surface area contributed by atoms with Crippen molar-refractivity contribution in [2.75, 3.05) is 19.8 Å². The van der Waals surface area contributed by atoms with Crippen LogP contribution in [0.1, 0.15) is 31.4 Å². The lowest BCUT2D eigenvalue weighted by molar-refractivity contribution is -0.0626. The number of halogens is 1. The van der Waals surface area contributed by atoms with E-state index in [1.165, 1.54) is 0 Å². The molecule has 1 atom stereocenters. The van der Waals surface area contributed by atoms with Gasteiger partial charge in [-0.2, -0.15) is 0 Å². The number of aromatic nitrogens is 1. The van der Waals surface area contributed by atoms with Crippen molar-refractivity contribution in [1.29, 1.82) is 0 Å². The molecule has 0 radical (unpaired) electrons. The van der Waals surface area contributed by atoms with E-state index in [1.807, 2.05) is 19.1 Å². The number of pyridine rings is 1. The van der Waals surface area contributed by atoms with Crippen molar-refractivity contribution in [3.63, 3.8) is 0 Å². The lowest BCUT2D eigenvalue weighted by atomic mass is 9.94. The maximum absolute atomic E-state index is 10.3. The third-order valence-corrected chi connectivity index (χ3v) is 3.62. The molecule has 0 aliphatic carbocycles. The van der Waals surface area contributed by atoms with Gasteiger partial charge in [0.2, 0.25) is 0 Å².